The van der Waals surface area contributed by atoms with Gasteiger partial charge in [0.2, 0.25) is 0 Å². The first kappa shape index (κ1) is 19.5. The highest BCUT2D eigenvalue weighted by Crippen LogP contribution is 2.32. The highest BCUT2D eigenvalue weighted by Gasteiger charge is 2.51. The lowest BCUT2D eigenvalue weighted by Crippen LogP contribution is -2.43. The summed E-state index contributed by atoms with van der Waals surface area (Å²) in [5, 5.41) is 2.76. The van der Waals surface area contributed by atoms with E-state index in [1.807, 2.05) is 13.0 Å². The van der Waals surface area contributed by atoms with Crippen LogP contribution in [-0.2, 0) is 10.3 Å². The van der Waals surface area contributed by atoms with Crippen molar-refractivity contribution in [2.24, 2.45) is 0 Å². The number of urea groups is 1. The molecule has 1 aromatic carbocycles. The van der Waals surface area contributed by atoms with Gasteiger partial charge in [0.25, 0.3) is 5.91 Å². The van der Waals surface area contributed by atoms with Gasteiger partial charge < -0.3 is 10.3 Å². The first-order valence-corrected chi connectivity index (χ1v) is 9.15. The maximum Gasteiger partial charge on any atom is 0.325 e. The normalized spacial score (nSPS) is 19.1. The molecule has 2 heterocycles. The van der Waals surface area contributed by atoms with Gasteiger partial charge in [-0.2, -0.15) is 0 Å². The lowest BCUT2D eigenvalue weighted by atomic mass is 9.87. The van der Waals surface area contributed by atoms with Crippen molar-refractivity contribution in [3.63, 3.8) is 0 Å². The van der Waals surface area contributed by atoms with Crippen molar-refractivity contribution in [3.05, 3.63) is 58.4 Å². The summed E-state index contributed by atoms with van der Waals surface area (Å²) in [6.45, 7) is 6.25. The van der Waals surface area contributed by atoms with Gasteiger partial charge in [-0.15, -0.1) is 0 Å². The lowest BCUT2D eigenvalue weighted by Gasteiger charge is -2.25. The maximum absolute atomic E-state index is 13.1. The number of hydrogen-bond acceptors (Lipinski definition) is 4. The standard InChI is InChI=1S/C21H23N3O4/c1-5-21(15-9-7-6-8-10-15)19(27)24(20(28)23-21)11-16(26)18-12(2)17(14(4)25)13(3)22-18/h6-10,22H,5,11H2,1-4H3,(H,23,28)/t21-/m0/s1. The zero-order valence-electron chi connectivity index (χ0n) is 16.4. The molecule has 7 nitrogen and oxygen atoms in total. The Bertz CT molecular complexity index is 977. The highest BCUT2D eigenvalue weighted by atomic mass is 16.2. The van der Waals surface area contributed by atoms with Gasteiger partial charge >= 0.3 is 6.03 Å². The predicted molar refractivity (Wildman–Crippen MR) is 103 cm³/mol. The van der Waals surface area contributed by atoms with Crippen LogP contribution >= 0.6 is 0 Å². The highest BCUT2D eigenvalue weighted by molar-refractivity contribution is 6.12. The molecule has 1 aliphatic heterocycles. The number of aromatic amines is 1. The monoisotopic (exact) mass is 381 g/mol. The van der Waals surface area contributed by atoms with E-state index in [-0.39, 0.29) is 11.5 Å². The Morgan fingerprint density at radius 1 is 1.11 bits per heavy atom. The van der Waals surface area contributed by atoms with Gasteiger partial charge in [0.1, 0.15) is 5.54 Å². The van der Waals surface area contributed by atoms with E-state index in [1.165, 1.54) is 6.92 Å². The Morgan fingerprint density at radius 3 is 2.29 bits per heavy atom. The second-order valence-electron chi connectivity index (χ2n) is 7.05. The Balaban J connectivity index is 1.90. The molecule has 0 unspecified atom stereocenters. The zero-order valence-corrected chi connectivity index (χ0v) is 16.4. The van der Waals surface area contributed by atoms with Crippen molar-refractivity contribution < 1.29 is 19.2 Å². The SMILES string of the molecule is CC[C@@]1(c2ccccc2)NC(=O)N(CC(=O)c2[nH]c(C)c(C(C)=O)c2C)C1=O. The molecular weight excluding hydrogens is 358 g/mol. The molecule has 7 heteroatoms. The summed E-state index contributed by atoms with van der Waals surface area (Å²) >= 11 is 0. The van der Waals surface area contributed by atoms with E-state index in [0.717, 1.165) is 4.90 Å². The summed E-state index contributed by atoms with van der Waals surface area (Å²) in [4.78, 5) is 54.2. The number of nitrogens with zero attached hydrogens (tertiary/aromatic N) is 1. The largest absolute Gasteiger partial charge is 0.355 e. The van der Waals surface area contributed by atoms with E-state index in [4.69, 9.17) is 0 Å². The molecule has 1 fully saturated rings. The van der Waals surface area contributed by atoms with Gasteiger partial charge in [-0.25, -0.2) is 4.79 Å². The van der Waals surface area contributed by atoms with Crippen LogP contribution in [0.3, 0.4) is 0 Å². The third-order valence-corrected chi connectivity index (χ3v) is 5.34. The van der Waals surface area contributed by atoms with Crippen LogP contribution in [0.15, 0.2) is 30.3 Å². The average Bonchev–Trinajstić information content (AvgIpc) is 3.10. The number of benzene rings is 1. The first-order chi connectivity index (χ1) is 13.2. The maximum atomic E-state index is 13.1. The second-order valence-corrected chi connectivity index (χ2v) is 7.05. The zero-order chi connectivity index (χ0) is 20.6. The van der Waals surface area contributed by atoms with Crippen molar-refractivity contribution in [2.45, 2.75) is 39.7 Å². The van der Waals surface area contributed by atoms with Crippen LogP contribution in [0.25, 0.3) is 0 Å². The van der Waals surface area contributed by atoms with Crippen molar-refractivity contribution in [1.82, 2.24) is 15.2 Å². The molecule has 0 spiro atoms. The van der Waals surface area contributed by atoms with E-state index in [2.05, 4.69) is 10.3 Å². The summed E-state index contributed by atoms with van der Waals surface area (Å²) < 4.78 is 0. The Labute approximate surface area is 163 Å². The van der Waals surface area contributed by atoms with Crippen LogP contribution < -0.4 is 5.32 Å². The summed E-state index contributed by atoms with van der Waals surface area (Å²) in [6, 6.07) is 8.40. The van der Waals surface area contributed by atoms with E-state index in [9.17, 15) is 19.2 Å². The average molecular weight is 381 g/mol. The number of rotatable bonds is 6. The predicted octanol–water partition coefficient (Wildman–Crippen LogP) is 2.87. The van der Waals surface area contributed by atoms with Crippen LogP contribution in [-0.4, -0.2) is 39.9 Å². The lowest BCUT2D eigenvalue weighted by molar-refractivity contribution is -0.131. The molecule has 1 saturated heterocycles. The van der Waals surface area contributed by atoms with E-state index < -0.39 is 29.8 Å². The van der Waals surface area contributed by atoms with Gasteiger partial charge in [0.15, 0.2) is 11.6 Å². The van der Waals surface area contributed by atoms with E-state index in [1.54, 1.807) is 38.1 Å². The van der Waals surface area contributed by atoms with Gasteiger partial charge in [0.05, 0.1) is 12.2 Å². The van der Waals surface area contributed by atoms with Gasteiger partial charge in [-0.3, -0.25) is 19.3 Å². The molecule has 2 aromatic rings. The summed E-state index contributed by atoms with van der Waals surface area (Å²) in [5.41, 5.74) is 1.34. The molecule has 0 aliphatic carbocycles. The van der Waals surface area contributed by atoms with Crippen molar-refractivity contribution in [3.8, 4) is 0 Å². The minimum atomic E-state index is -1.18. The molecule has 2 N–H and O–H groups in total. The van der Waals surface area contributed by atoms with Crippen LogP contribution in [0, 0.1) is 13.8 Å². The van der Waals surface area contributed by atoms with Crippen LogP contribution in [0.1, 0.15) is 57.9 Å². The number of Topliss-reactive ketones (excluding diaryl/α,β-unsaturated/α-hetero) is 2. The third-order valence-electron chi connectivity index (χ3n) is 5.34. The van der Waals surface area contributed by atoms with Gasteiger partial charge in [-0.1, -0.05) is 37.3 Å². The Kier molecular flexibility index (Phi) is 4.93. The molecule has 146 valence electrons. The molecular formula is C21H23N3O4. The number of H-pyrrole nitrogens is 1. The van der Waals surface area contributed by atoms with Gasteiger partial charge in [-0.05, 0) is 38.3 Å². The number of nitrogens with one attached hydrogen (secondary N) is 2. The Hall–Kier alpha value is -3.22. The van der Waals surface area contributed by atoms with Crippen LogP contribution in [0.4, 0.5) is 4.79 Å². The number of hydrogen-bond donors (Lipinski definition) is 2. The van der Waals surface area contributed by atoms with Crippen LogP contribution in [0.5, 0.6) is 0 Å². The third kappa shape index (κ3) is 2.93. The van der Waals surface area contributed by atoms with Crippen molar-refractivity contribution >= 4 is 23.5 Å². The number of imide groups is 1. The molecule has 3 rings (SSSR count). The fraction of sp³-hybridized carbons (Fsp3) is 0.333. The molecule has 1 atom stereocenters. The first-order valence-electron chi connectivity index (χ1n) is 9.15. The number of aromatic nitrogens is 1. The minimum Gasteiger partial charge on any atom is -0.355 e. The summed E-state index contributed by atoms with van der Waals surface area (Å²) in [7, 11) is 0. The van der Waals surface area contributed by atoms with Crippen molar-refractivity contribution in [1.29, 1.82) is 0 Å². The molecule has 1 aliphatic rings. The quantitative estimate of drug-likeness (QED) is 0.594. The van der Waals surface area contributed by atoms with Gasteiger partial charge in [0, 0.05) is 11.3 Å². The number of carbonyl (C=O) groups is 4. The molecule has 0 radical (unpaired) electrons. The molecule has 3 amide bonds. The van der Waals surface area contributed by atoms with Crippen molar-refractivity contribution in [2.75, 3.05) is 6.54 Å². The fourth-order valence-corrected chi connectivity index (χ4v) is 3.91. The molecule has 0 saturated carbocycles. The molecule has 0 bridgehead atoms. The van der Waals surface area contributed by atoms with E-state index in [0.29, 0.717) is 28.8 Å². The number of aryl methyl sites for hydroxylation is 1. The Morgan fingerprint density at radius 2 is 1.75 bits per heavy atom. The number of amides is 3. The minimum absolute atomic E-state index is 0.144. The molecule has 1 aromatic heterocycles. The summed E-state index contributed by atoms with van der Waals surface area (Å²) in [6.07, 6.45) is 0.362. The van der Waals surface area contributed by atoms with Crippen LogP contribution in [0.2, 0.25) is 0 Å². The molecule has 28 heavy (non-hydrogen) atoms. The van der Waals surface area contributed by atoms with E-state index >= 15 is 0 Å². The second kappa shape index (κ2) is 7.07. The number of ketones is 2. The summed E-state index contributed by atoms with van der Waals surface area (Å²) in [5.74, 6) is -1.02. The fourth-order valence-electron chi connectivity index (χ4n) is 3.91. The number of carbonyl (C=O) groups excluding carboxylic acids is 4. The smallest absolute Gasteiger partial charge is 0.325 e. The topological polar surface area (TPSA) is 99.3 Å².